The number of nitrogens with one attached hydrogen (secondary N) is 1. The summed E-state index contributed by atoms with van der Waals surface area (Å²) >= 11 is 0. The van der Waals surface area contributed by atoms with Crippen LogP contribution in [0.5, 0.6) is 0 Å². The van der Waals surface area contributed by atoms with Crippen molar-refractivity contribution in [3.8, 4) is 0 Å². The van der Waals surface area contributed by atoms with Gasteiger partial charge in [0.25, 0.3) is 0 Å². The van der Waals surface area contributed by atoms with Gasteiger partial charge < -0.3 is 40.3 Å². The third-order valence-electron chi connectivity index (χ3n) is 14.4. The van der Waals surface area contributed by atoms with Gasteiger partial charge in [-0.3, -0.25) is 4.79 Å². The van der Waals surface area contributed by atoms with Crippen LogP contribution in [0.15, 0.2) is 36.5 Å². The standard InChI is InChI=1S/C61H115NO8/c1-3-5-7-9-11-13-15-17-19-21-22-23-24-25-26-27-28-29-30-31-32-33-34-35-36-38-40-42-44-46-48-50-55(64)54(53-69-61-60(68)59(67)58(66)56(52-63)70-61)62-57(65)51-49-47-45-43-41-39-37-20-18-16-14-12-10-8-6-4-2/h34-35,40,42,48,50,54-56,58-61,63-64,66-68H,3-33,36-39,41,43-47,49,51-53H2,1-2H3,(H,62,65)/b35-34+,42-40+,50-48+. The number of hydrogen-bond donors (Lipinski definition) is 6. The number of amides is 1. The van der Waals surface area contributed by atoms with Gasteiger partial charge in [0.15, 0.2) is 6.29 Å². The maximum absolute atomic E-state index is 13.0. The van der Waals surface area contributed by atoms with E-state index >= 15 is 0 Å². The normalized spacial score (nSPS) is 19.6. The average molecular weight is 991 g/mol. The number of aliphatic hydroxyl groups is 5. The summed E-state index contributed by atoms with van der Waals surface area (Å²) in [4.78, 5) is 13.0. The predicted octanol–water partition coefficient (Wildman–Crippen LogP) is 15.1. The lowest BCUT2D eigenvalue weighted by Crippen LogP contribution is -2.60. The SMILES string of the molecule is CCCCCCCCCCCCCCCCCCCCCCC/C=C/CC/C=C/CC/C=C/C(O)C(COC1OC(CO)C(O)C(O)C1O)NC(=O)CCCCCCCCCCCCCCCCCC. The van der Waals surface area contributed by atoms with Crippen LogP contribution in [0.1, 0.15) is 290 Å². The highest BCUT2D eigenvalue weighted by Gasteiger charge is 2.44. The number of hydrogen-bond acceptors (Lipinski definition) is 8. The molecule has 6 N–H and O–H groups in total. The molecule has 0 saturated carbocycles. The second-order valence-electron chi connectivity index (χ2n) is 21.1. The maximum atomic E-state index is 13.0. The van der Waals surface area contributed by atoms with E-state index in [2.05, 4.69) is 43.5 Å². The Balaban J connectivity index is 2.20. The van der Waals surface area contributed by atoms with Gasteiger partial charge in [0.05, 0.1) is 25.4 Å². The lowest BCUT2D eigenvalue weighted by molar-refractivity contribution is -0.302. The van der Waals surface area contributed by atoms with Crippen molar-refractivity contribution in [2.24, 2.45) is 0 Å². The van der Waals surface area contributed by atoms with Crippen LogP contribution in [0.3, 0.4) is 0 Å². The summed E-state index contributed by atoms with van der Waals surface area (Å²) in [5.41, 5.74) is 0. The van der Waals surface area contributed by atoms with E-state index in [1.807, 2.05) is 6.08 Å². The first-order valence-electron chi connectivity index (χ1n) is 30.2. The topological polar surface area (TPSA) is 149 Å². The van der Waals surface area contributed by atoms with E-state index in [0.717, 1.165) is 44.9 Å². The van der Waals surface area contributed by atoms with E-state index in [1.54, 1.807) is 6.08 Å². The summed E-state index contributed by atoms with van der Waals surface area (Å²) in [5.74, 6) is -0.187. The summed E-state index contributed by atoms with van der Waals surface area (Å²) in [7, 11) is 0. The molecule has 0 spiro atoms. The van der Waals surface area contributed by atoms with Crippen LogP contribution in [0, 0.1) is 0 Å². The predicted molar refractivity (Wildman–Crippen MR) is 295 cm³/mol. The third kappa shape index (κ3) is 39.9. The number of unbranched alkanes of at least 4 members (excludes halogenated alkanes) is 38. The number of carbonyl (C=O) groups is 1. The first kappa shape index (κ1) is 66.4. The molecule has 7 atom stereocenters. The Morgan fingerprint density at radius 3 is 1.20 bits per heavy atom. The molecule has 1 amide bonds. The zero-order valence-corrected chi connectivity index (χ0v) is 45.8. The van der Waals surface area contributed by atoms with E-state index in [0.29, 0.717) is 6.42 Å². The lowest BCUT2D eigenvalue weighted by atomic mass is 9.99. The molecule has 1 fully saturated rings. The van der Waals surface area contributed by atoms with Crippen molar-refractivity contribution in [2.45, 2.75) is 333 Å². The van der Waals surface area contributed by atoms with Crippen LogP contribution < -0.4 is 5.32 Å². The molecule has 1 aliphatic heterocycles. The molecule has 9 heteroatoms. The Labute approximate surface area is 431 Å². The number of ether oxygens (including phenoxy) is 2. The molecule has 1 saturated heterocycles. The number of rotatable bonds is 52. The van der Waals surface area contributed by atoms with E-state index < -0.39 is 49.5 Å². The summed E-state index contributed by atoms with van der Waals surface area (Å²) in [5, 5.41) is 54.5. The van der Waals surface area contributed by atoms with Crippen molar-refractivity contribution in [1.82, 2.24) is 5.32 Å². The smallest absolute Gasteiger partial charge is 0.220 e. The van der Waals surface area contributed by atoms with Gasteiger partial charge in [-0.25, -0.2) is 0 Å². The van der Waals surface area contributed by atoms with Gasteiger partial charge >= 0.3 is 0 Å². The molecule has 1 aliphatic rings. The van der Waals surface area contributed by atoms with Crippen molar-refractivity contribution in [3.63, 3.8) is 0 Å². The monoisotopic (exact) mass is 990 g/mol. The minimum absolute atomic E-state index is 0.187. The Bertz CT molecular complexity index is 1190. The zero-order chi connectivity index (χ0) is 50.8. The molecule has 412 valence electrons. The van der Waals surface area contributed by atoms with Crippen LogP contribution >= 0.6 is 0 Å². The molecule has 0 aliphatic carbocycles. The first-order chi connectivity index (χ1) is 34.3. The first-order valence-corrected chi connectivity index (χ1v) is 30.2. The zero-order valence-electron chi connectivity index (χ0n) is 45.8. The van der Waals surface area contributed by atoms with Crippen LogP contribution in [-0.4, -0.2) is 87.5 Å². The minimum Gasteiger partial charge on any atom is -0.394 e. The Kier molecular flexibility index (Phi) is 48.3. The van der Waals surface area contributed by atoms with Crippen molar-refractivity contribution in [3.05, 3.63) is 36.5 Å². The fourth-order valence-corrected chi connectivity index (χ4v) is 9.66. The molecule has 1 heterocycles. The molecule has 70 heavy (non-hydrogen) atoms. The van der Waals surface area contributed by atoms with Gasteiger partial charge in [-0.2, -0.15) is 0 Å². The molecule has 0 aromatic heterocycles. The Morgan fingerprint density at radius 2 is 0.814 bits per heavy atom. The van der Waals surface area contributed by atoms with E-state index in [4.69, 9.17) is 9.47 Å². The van der Waals surface area contributed by atoms with Crippen molar-refractivity contribution < 1.29 is 39.8 Å². The molecule has 7 unspecified atom stereocenters. The molecule has 0 aromatic rings. The van der Waals surface area contributed by atoms with E-state index in [-0.39, 0.29) is 12.5 Å². The minimum atomic E-state index is -1.57. The largest absolute Gasteiger partial charge is 0.394 e. The van der Waals surface area contributed by atoms with Gasteiger partial charge in [0, 0.05) is 6.42 Å². The number of aliphatic hydroxyl groups excluding tert-OH is 5. The number of carbonyl (C=O) groups excluding carboxylic acids is 1. The molecule has 0 aromatic carbocycles. The van der Waals surface area contributed by atoms with Crippen molar-refractivity contribution >= 4 is 5.91 Å². The van der Waals surface area contributed by atoms with Gasteiger partial charge in [0.1, 0.15) is 24.4 Å². The van der Waals surface area contributed by atoms with Gasteiger partial charge in [-0.15, -0.1) is 0 Å². The third-order valence-corrected chi connectivity index (χ3v) is 14.4. The van der Waals surface area contributed by atoms with E-state index in [9.17, 15) is 30.3 Å². The van der Waals surface area contributed by atoms with Gasteiger partial charge in [-0.05, 0) is 44.9 Å². The highest BCUT2D eigenvalue weighted by atomic mass is 16.7. The van der Waals surface area contributed by atoms with Crippen LogP contribution in [0.4, 0.5) is 0 Å². The highest BCUT2D eigenvalue weighted by Crippen LogP contribution is 2.23. The summed E-state index contributed by atoms with van der Waals surface area (Å²) in [6.45, 7) is 3.79. The summed E-state index contributed by atoms with van der Waals surface area (Å²) in [6, 6.07) is -0.826. The van der Waals surface area contributed by atoms with Gasteiger partial charge in [-0.1, -0.05) is 275 Å². The quantitative estimate of drug-likeness (QED) is 0.0261. The van der Waals surface area contributed by atoms with E-state index in [1.165, 1.54) is 225 Å². The fraction of sp³-hybridized carbons (Fsp3) is 0.885. The number of allylic oxidation sites excluding steroid dienone is 5. The Morgan fingerprint density at radius 1 is 0.471 bits per heavy atom. The second kappa shape index (κ2) is 50.9. The van der Waals surface area contributed by atoms with Crippen LogP contribution in [0.2, 0.25) is 0 Å². The average Bonchev–Trinajstić information content (AvgIpc) is 3.36. The molecule has 9 nitrogen and oxygen atoms in total. The highest BCUT2D eigenvalue weighted by molar-refractivity contribution is 5.76. The van der Waals surface area contributed by atoms with Crippen molar-refractivity contribution in [2.75, 3.05) is 13.2 Å². The summed E-state index contributed by atoms with van der Waals surface area (Å²) in [6.07, 6.45) is 59.5. The molecule has 0 radical (unpaired) electrons. The summed E-state index contributed by atoms with van der Waals surface area (Å²) < 4.78 is 11.3. The Hall–Kier alpha value is -1.59. The molecule has 0 bridgehead atoms. The fourth-order valence-electron chi connectivity index (χ4n) is 9.66. The van der Waals surface area contributed by atoms with Crippen molar-refractivity contribution in [1.29, 1.82) is 0 Å². The maximum Gasteiger partial charge on any atom is 0.220 e. The molecule has 1 rings (SSSR count). The molecular weight excluding hydrogens is 875 g/mol. The van der Waals surface area contributed by atoms with Gasteiger partial charge in [0.2, 0.25) is 5.91 Å². The second-order valence-corrected chi connectivity index (χ2v) is 21.1. The molecular formula is C61H115NO8. The lowest BCUT2D eigenvalue weighted by Gasteiger charge is -2.40. The van der Waals surface area contributed by atoms with Crippen LogP contribution in [0.25, 0.3) is 0 Å². The van der Waals surface area contributed by atoms with Crippen LogP contribution in [-0.2, 0) is 14.3 Å².